The van der Waals surface area contributed by atoms with Crippen LogP contribution in [0.5, 0.6) is 23.0 Å². The largest absolute Gasteiger partial charge is 0.737 e. The highest BCUT2D eigenvalue weighted by Gasteiger charge is 2.57. The molecule has 0 unspecified atom stereocenters. The normalized spacial score (nSPS) is 14.2. The molecule has 0 N–H and O–H groups in total. The summed E-state index contributed by atoms with van der Waals surface area (Å²) in [6, 6.07) is 20.8. The van der Waals surface area contributed by atoms with Crippen molar-refractivity contribution in [2.45, 2.75) is 13.8 Å². The van der Waals surface area contributed by atoms with Gasteiger partial charge in [0.05, 0.1) is 108 Å². The Morgan fingerprint density at radius 3 is 1.52 bits per heavy atom. The van der Waals surface area contributed by atoms with Gasteiger partial charge in [0.2, 0.25) is 0 Å². The highest BCUT2D eigenvalue weighted by molar-refractivity contribution is 14.1. The molecule has 432 valence electrons. The third kappa shape index (κ3) is 18.9. The Hall–Kier alpha value is -4.25. The molecule has 1 aromatic heterocycles. The van der Waals surface area contributed by atoms with Crippen molar-refractivity contribution in [3.8, 4) is 23.0 Å². The number of hydrogen-bond donors (Lipinski definition) is 0. The summed E-state index contributed by atoms with van der Waals surface area (Å²) in [4.78, 5) is 2.05. The van der Waals surface area contributed by atoms with E-state index in [0.29, 0.717) is 167 Å². The highest BCUT2D eigenvalue weighted by Crippen LogP contribution is 2.48. The molecule has 6 rings (SSSR count). The fourth-order valence-corrected chi connectivity index (χ4v) is 9.85. The lowest BCUT2D eigenvalue weighted by Gasteiger charge is -2.34. The van der Waals surface area contributed by atoms with Crippen LogP contribution >= 0.6 is 45.2 Å². The predicted octanol–water partition coefficient (Wildman–Crippen LogP) is 9.57. The van der Waals surface area contributed by atoms with Crippen molar-refractivity contribution >= 4 is 81.7 Å². The fraction of sp³-hybridized carbons (Fsp3) is 0.466. The molecule has 0 spiro atoms. The molecule has 2 aliphatic heterocycles. The van der Waals surface area contributed by atoms with Crippen LogP contribution in [0, 0.1) is 10.5 Å². The summed E-state index contributed by atoms with van der Waals surface area (Å²) in [5.74, 6) is 2.33. The number of aromatic nitrogens is 1. The molecule has 0 saturated carbocycles. The van der Waals surface area contributed by atoms with Gasteiger partial charge in [0, 0.05) is 54.5 Å². The third-order valence-electron chi connectivity index (χ3n) is 12.5. The van der Waals surface area contributed by atoms with Gasteiger partial charge in [-0.25, -0.2) is 0 Å². The second-order valence-electron chi connectivity index (χ2n) is 18.4. The zero-order valence-electron chi connectivity index (χ0n) is 46.5. The molecule has 0 bridgehead atoms. The average molecular weight is 1330 g/mol. The summed E-state index contributed by atoms with van der Waals surface area (Å²) in [5.41, 5.74) is 6.12. The minimum Gasteiger partial charge on any atom is -0.492 e. The SMILES string of the molecule is COCCOCCOCCOc1ccc(C2=C3C(C)=C(I)C(/C=C/c4ccc(OCCN(C)C)cc4)=[N+]3[B-](F)(F)n3c(/C=C/c4ccc(OCCOCCOCCOC)c(OCCOCCOCCOC)c4)c(I)c(C)c32)cc1. The predicted molar refractivity (Wildman–Crippen MR) is 322 cm³/mol. The third-order valence-corrected chi connectivity index (χ3v) is 15.2. The smallest absolute Gasteiger partial charge is 0.492 e. The summed E-state index contributed by atoms with van der Waals surface area (Å²) in [5, 5.41) is 0. The first kappa shape index (κ1) is 63.9. The number of halogens is 4. The summed E-state index contributed by atoms with van der Waals surface area (Å²) >= 11 is 4.42. The first-order chi connectivity index (χ1) is 38.4. The van der Waals surface area contributed by atoms with E-state index in [2.05, 4.69) is 50.1 Å². The molecule has 3 aromatic carbocycles. The average Bonchev–Trinajstić information content (AvgIpc) is 3.13. The lowest BCUT2D eigenvalue weighted by atomic mass is 9.83. The number of allylic oxidation sites excluding steroid dienone is 3. The maximum absolute atomic E-state index is 18.3. The van der Waals surface area contributed by atoms with Crippen molar-refractivity contribution in [3.63, 3.8) is 0 Å². The highest BCUT2D eigenvalue weighted by atomic mass is 127. The molecular weight excluding hydrogens is 1250 g/mol. The monoisotopic (exact) mass is 1330 g/mol. The van der Waals surface area contributed by atoms with Crippen molar-refractivity contribution in [1.82, 2.24) is 9.38 Å². The van der Waals surface area contributed by atoms with E-state index >= 15 is 8.63 Å². The van der Waals surface area contributed by atoms with E-state index in [0.717, 1.165) is 38.1 Å². The topological polar surface area (TPSA) is 131 Å². The first-order valence-corrected chi connectivity index (χ1v) is 28.6. The van der Waals surface area contributed by atoms with Crippen molar-refractivity contribution in [2.24, 2.45) is 0 Å². The van der Waals surface area contributed by atoms with Crippen molar-refractivity contribution < 1.29 is 74.7 Å². The maximum atomic E-state index is 18.3. The number of ether oxygens (including phenoxy) is 13. The molecule has 0 saturated heterocycles. The minimum absolute atomic E-state index is 0.228. The second-order valence-corrected chi connectivity index (χ2v) is 20.5. The molecule has 2 aliphatic rings. The van der Waals surface area contributed by atoms with Crippen LogP contribution in [0.2, 0.25) is 0 Å². The van der Waals surface area contributed by atoms with Gasteiger partial charge in [0.15, 0.2) is 22.9 Å². The molecule has 0 atom stereocenters. The Bertz CT molecular complexity index is 2680. The van der Waals surface area contributed by atoms with E-state index < -0.39 is 6.97 Å². The van der Waals surface area contributed by atoms with Crippen molar-refractivity contribution in [2.75, 3.05) is 168 Å². The van der Waals surface area contributed by atoms with Crippen LogP contribution in [0.1, 0.15) is 40.6 Å². The Morgan fingerprint density at radius 1 is 0.532 bits per heavy atom. The van der Waals surface area contributed by atoms with Crippen LogP contribution in [-0.4, -0.2) is 194 Å². The summed E-state index contributed by atoms with van der Waals surface area (Å²) in [7, 11) is 8.87. The van der Waals surface area contributed by atoms with Gasteiger partial charge in [0.1, 0.15) is 37.9 Å². The first-order valence-electron chi connectivity index (χ1n) is 26.4. The molecule has 21 heteroatoms. The van der Waals surface area contributed by atoms with E-state index in [1.807, 2.05) is 107 Å². The quantitative estimate of drug-likeness (QED) is 0.0239. The van der Waals surface area contributed by atoms with Crippen molar-refractivity contribution in [3.05, 3.63) is 125 Å². The number of fused-ring (bicyclic) bond motifs is 2. The molecule has 79 heavy (non-hydrogen) atoms. The molecular formula is C58H76BF2I2N3O13. The van der Waals surface area contributed by atoms with Crippen LogP contribution < -0.4 is 18.9 Å². The number of hydrogen-bond acceptors (Lipinski definition) is 14. The molecule has 16 nitrogen and oxygen atoms in total. The molecule has 0 radical (unpaired) electrons. The molecule has 0 aliphatic carbocycles. The number of nitrogens with zero attached hydrogens (tertiary/aromatic N) is 3. The van der Waals surface area contributed by atoms with Gasteiger partial charge in [-0.05, 0) is 144 Å². The molecule has 4 aromatic rings. The zero-order chi connectivity index (χ0) is 56.4. The standard InChI is InChI=1S/C58H76BF2I2N3O13/c1-43-55(62)50(19-10-45-8-15-48(16-9-45)76-23-22-64(3)4)65-57(43)54(47-13-17-49(18-14-47)77-39-36-73-33-30-70-27-24-67-5)58-44(2)56(63)51(66(58)59(65,60)61)20-11-46-12-21-52(78-40-37-74-34-31-71-28-25-68-6)53(42-46)79-41-38-75-35-32-72-29-26-69-7/h8-21,42H,22-41H2,1-7H3/b19-10+,20-11+. The van der Waals surface area contributed by atoms with E-state index in [4.69, 9.17) is 61.6 Å². The van der Waals surface area contributed by atoms with Gasteiger partial charge >= 0.3 is 6.97 Å². The second kappa shape index (κ2) is 34.3. The van der Waals surface area contributed by atoms with Gasteiger partial charge in [-0.1, -0.05) is 36.4 Å². The summed E-state index contributed by atoms with van der Waals surface area (Å²) < 4.78 is 114. The lowest BCUT2D eigenvalue weighted by Crippen LogP contribution is -2.51. The zero-order valence-corrected chi connectivity index (χ0v) is 50.9. The van der Waals surface area contributed by atoms with Gasteiger partial charge in [0.25, 0.3) is 0 Å². The van der Waals surface area contributed by atoms with Crippen LogP contribution in [0.25, 0.3) is 23.8 Å². The number of likely N-dealkylation sites (N-methyl/N-ethyl adjacent to an activating group) is 1. The van der Waals surface area contributed by atoms with Crippen molar-refractivity contribution in [1.29, 1.82) is 0 Å². The van der Waals surface area contributed by atoms with Crippen LogP contribution in [0.15, 0.2) is 87.7 Å². The fourth-order valence-electron chi connectivity index (χ4n) is 8.46. The number of benzene rings is 3. The maximum Gasteiger partial charge on any atom is 0.737 e. The van der Waals surface area contributed by atoms with E-state index in [1.165, 1.54) is 8.96 Å². The molecule has 0 amide bonds. The van der Waals surface area contributed by atoms with Gasteiger partial charge in [-0.15, -0.1) is 0 Å². The number of rotatable bonds is 39. The van der Waals surface area contributed by atoms with Crippen LogP contribution in [0.3, 0.4) is 0 Å². The van der Waals surface area contributed by atoms with Crippen LogP contribution in [-0.2, 0) is 42.6 Å². The Morgan fingerprint density at radius 2 is 0.987 bits per heavy atom. The minimum atomic E-state index is -4.50. The van der Waals surface area contributed by atoms with E-state index in [-0.39, 0.29) is 13.2 Å². The van der Waals surface area contributed by atoms with Gasteiger partial charge < -0.3 is 84.1 Å². The van der Waals surface area contributed by atoms with Crippen LogP contribution in [0.4, 0.5) is 8.63 Å². The Labute approximate surface area is 491 Å². The lowest BCUT2D eigenvalue weighted by molar-refractivity contribution is -0.362. The summed E-state index contributed by atoms with van der Waals surface area (Å²) in [6.07, 6.45) is 7.25. The Balaban J connectivity index is 1.32. The summed E-state index contributed by atoms with van der Waals surface area (Å²) in [6.45, 7) is 8.04. The van der Waals surface area contributed by atoms with Gasteiger partial charge in [-0.2, -0.15) is 0 Å². The van der Waals surface area contributed by atoms with E-state index in [9.17, 15) is 0 Å². The molecule has 3 heterocycles. The van der Waals surface area contributed by atoms with E-state index in [1.54, 1.807) is 33.5 Å². The molecule has 0 fully saturated rings. The van der Waals surface area contributed by atoms with Gasteiger partial charge in [-0.3, -0.25) is 0 Å². The Kier molecular flexibility index (Phi) is 27.7. The number of methoxy groups -OCH3 is 3.